The number of benzene rings is 1. The molecule has 0 atom stereocenters. The zero-order valence-electron chi connectivity index (χ0n) is 8.39. The first-order valence-corrected chi connectivity index (χ1v) is 4.08. The van der Waals surface area contributed by atoms with E-state index in [2.05, 4.69) is 0 Å². The van der Waals surface area contributed by atoms with Gasteiger partial charge in [0.05, 0.1) is 0 Å². The Balaban J connectivity index is 0.00000112. The molecule has 0 spiro atoms. The quantitative estimate of drug-likeness (QED) is 0.575. The van der Waals surface area contributed by atoms with Crippen LogP contribution in [0.2, 0.25) is 0 Å². The van der Waals surface area contributed by atoms with Crippen LogP contribution in [0, 0.1) is 6.92 Å². The number of fused-ring (bicyclic) bond motifs is 1. The number of hydrogen-bond acceptors (Lipinski definition) is 2. The van der Waals surface area contributed by atoms with E-state index in [9.17, 15) is 12.9 Å². The monoisotopic (exact) mass is 242 g/mol. The molecule has 0 N–H and O–H groups in total. The first-order valence-electron chi connectivity index (χ1n) is 4.08. The molecule has 1 aromatic rings. The van der Waals surface area contributed by atoms with Gasteiger partial charge in [0.15, 0.2) is 11.5 Å². The minimum atomic E-state index is -4.98. The smallest absolute Gasteiger partial charge is 0.454 e. The molecule has 0 aromatic heterocycles. The second-order valence-electron chi connectivity index (χ2n) is 3.14. The molecule has 2 rings (SSSR count). The van der Waals surface area contributed by atoms with Gasteiger partial charge in [0.1, 0.15) is 0 Å². The zero-order valence-corrected chi connectivity index (χ0v) is 11.5. The van der Waals surface area contributed by atoms with Gasteiger partial charge in [0, 0.05) is 0 Å². The van der Waals surface area contributed by atoms with Crippen LogP contribution in [0.1, 0.15) is 5.56 Å². The van der Waals surface area contributed by atoms with Crippen molar-refractivity contribution in [2.75, 3.05) is 6.79 Å². The van der Waals surface area contributed by atoms with E-state index in [1.54, 1.807) is 0 Å². The summed E-state index contributed by atoms with van der Waals surface area (Å²) in [5, 5.41) is 0. The molecule has 2 nitrogen and oxygen atoms in total. The van der Waals surface area contributed by atoms with Gasteiger partial charge >= 0.3 is 58.4 Å². The van der Waals surface area contributed by atoms with Crippen LogP contribution in [0.15, 0.2) is 12.1 Å². The summed E-state index contributed by atoms with van der Waals surface area (Å²) >= 11 is 0. The molecule has 1 aromatic carbocycles. The summed E-state index contributed by atoms with van der Waals surface area (Å²) < 4.78 is 47.3. The molecule has 1 heterocycles. The molecule has 1 aliphatic rings. The first-order chi connectivity index (χ1) is 6.48. The van der Waals surface area contributed by atoms with Crippen LogP contribution in [-0.4, -0.2) is 13.8 Å². The average Bonchev–Trinajstić information content (AvgIpc) is 2.47. The van der Waals surface area contributed by atoms with Crippen molar-refractivity contribution < 1.29 is 73.8 Å². The molecule has 7 heteroatoms. The van der Waals surface area contributed by atoms with E-state index in [1.807, 2.05) is 0 Å². The van der Waals surface area contributed by atoms with Crippen LogP contribution in [0.5, 0.6) is 11.5 Å². The van der Waals surface area contributed by atoms with Crippen LogP contribution in [0.25, 0.3) is 0 Å². The molecule has 0 saturated carbocycles. The van der Waals surface area contributed by atoms with Crippen LogP contribution in [-0.2, 0) is 0 Å². The molecule has 76 valence electrons. The largest absolute Gasteiger partial charge is 1.00 e. The minimum absolute atomic E-state index is 0. The Bertz CT molecular complexity index is 381. The van der Waals surface area contributed by atoms with Crippen LogP contribution in [0.4, 0.5) is 12.9 Å². The van der Waals surface area contributed by atoms with Crippen molar-refractivity contribution in [3.63, 3.8) is 0 Å². The summed E-state index contributed by atoms with van der Waals surface area (Å²) in [6, 6.07) is 2.35. The van der Waals surface area contributed by atoms with Crippen LogP contribution < -0.4 is 66.3 Å². The van der Waals surface area contributed by atoms with Crippen LogP contribution >= 0.6 is 0 Å². The van der Waals surface area contributed by atoms with E-state index in [1.165, 1.54) is 13.0 Å². The fourth-order valence-corrected chi connectivity index (χ4v) is 1.41. The third-order valence-corrected chi connectivity index (χ3v) is 2.11. The second kappa shape index (κ2) is 4.67. The average molecular weight is 242 g/mol. The Hall–Kier alpha value is 0.311. The summed E-state index contributed by atoms with van der Waals surface area (Å²) in [5.41, 5.74) is -0.448. The third-order valence-electron chi connectivity index (χ3n) is 2.11. The van der Waals surface area contributed by atoms with Crippen LogP contribution in [0.3, 0.4) is 0 Å². The van der Waals surface area contributed by atoms with Gasteiger partial charge < -0.3 is 22.4 Å². The molecule has 0 bridgehead atoms. The van der Waals surface area contributed by atoms with E-state index in [0.717, 1.165) is 6.07 Å². The first kappa shape index (κ1) is 13.4. The van der Waals surface area contributed by atoms with E-state index in [-0.39, 0.29) is 69.5 Å². The van der Waals surface area contributed by atoms with Crippen molar-refractivity contribution >= 4 is 12.4 Å². The Morgan fingerprint density at radius 3 is 2.20 bits per heavy atom. The fraction of sp³-hybridized carbons (Fsp3) is 0.250. The number of halogens is 3. The third kappa shape index (κ3) is 2.71. The van der Waals surface area contributed by atoms with Crippen molar-refractivity contribution in [1.29, 1.82) is 0 Å². The predicted molar refractivity (Wildman–Crippen MR) is 46.0 cm³/mol. The van der Waals surface area contributed by atoms with Gasteiger partial charge in [-0.1, -0.05) is 5.56 Å². The maximum atomic E-state index is 12.5. The van der Waals surface area contributed by atoms with E-state index in [4.69, 9.17) is 9.47 Å². The summed E-state index contributed by atoms with van der Waals surface area (Å²) in [4.78, 5) is 0. The molecule has 0 amide bonds. The zero-order chi connectivity index (χ0) is 10.3. The SMILES string of the molecule is Cc1cc2c(cc1[B-](F)(F)F)OCO2.[K+]. The molecule has 0 unspecified atom stereocenters. The van der Waals surface area contributed by atoms with Gasteiger partial charge in [-0.2, -0.15) is 0 Å². The van der Waals surface area contributed by atoms with E-state index in [0.29, 0.717) is 5.75 Å². The van der Waals surface area contributed by atoms with E-state index < -0.39 is 12.4 Å². The van der Waals surface area contributed by atoms with Gasteiger partial charge in [-0.3, -0.25) is 0 Å². The van der Waals surface area contributed by atoms with E-state index >= 15 is 0 Å². The number of aryl methyl sites for hydroxylation is 1. The number of rotatable bonds is 1. The molecular weight excluding hydrogens is 235 g/mol. The maximum Gasteiger partial charge on any atom is 1.00 e. The van der Waals surface area contributed by atoms with Gasteiger partial charge in [0.2, 0.25) is 6.79 Å². The Labute approximate surface area is 128 Å². The summed E-state index contributed by atoms with van der Waals surface area (Å²) in [5.74, 6) is 0.552. The Kier molecular flexibility index (Phi) is 4.16. The number of hydrogen-bond donors (Lipinski definition) is 0. The molecule has 0 radical (unpaired) electrons. The van der Waals surface area contributed by atoms with Crippen molar-refractivity contribution in [3.05, 3.63) is 17.7 Å². The summed E-state index contributed by atoms with van der Waals surface area (Å²) in [6.07, 6.45) is 0. The minimum Gasteiger partial charge on any atom is -0.454 e. The molecule has 0 fully saturated rings. The summed E-state index contributed by atoms with van der Waals surface area (Å²) in [6.45, 7) is -3.58. The maximum absolute atomic E-state index is 12.5. The molecular formula is C8H7BF3KO2. The topological polar surface area (TPSA) is 18.5 Å². The normalized spacial score (nSPS) is 13.6. The summed E-state index contributed by atoms with van der Waals surface area (Å²) in [7, 11) is 0. The van der Waals surface area contributed by atoms with Gasteiger partial charge in [-0.05, 0) is 19.1 Å². The molecule has 1 aliphatic heterocycles. The number of ether oxygens (including phenoxy) is 2. The van der Waals surface area contributed by atoms with Gasteiger partial charge in [0.25, 0.3) is 0 Å². The van der Waals surface area contributed by atoms with Gasteiger partial charge in [-0.25, -0.2) is 0 Å². The Morgan fingerprint density at radius 2 is 1.67 bits per heavy atom. The molecule has 0 aliphatic carbocycles. The van der Waals surface area contributed by atoms with Crippen molar-refractivity contribution in [2.45, 2.75) is 6.92 Å². The van der Waals surface area contributed by atoms with Crippen molar-refractivity contribution in [2.24, 2.45) is 0 Å². The van der Waals surface area contributed by atoms with Crippen molar-refractivity contribution in [1.82, 2.24) is 0 Å². The van der Waals surface area contributed by atoms with Gasteiger partial charge in [-0.15, -0.1) is 5.46 Å². The molecule has 15 heavy (non-hydrogen) atoms. The standard InChI is InChI=1S/C8H7BF3O2.K/c1-5-2-7-8(14-4-13-7)3-6(5)9(10,11)12;/h2-3H,4H2,1H3;/q-1;+1. The molecule has 0 saturated heterocycles. The predicted octanol–water partition coefficient (Wildman–Crippen LogP) is -1.22. The Morgan fingerprint density at radius 1 is 1.13 bits per heavy atom. The van der Waals surface area contributed by atoms with Crippen molar-refractivity contribution in [3.8, 4) is 11.5 Å². The fourth-order valence-electron chi connectivity index (χ4n) is 1.41. The second-order valence-corrected chi connectivity index (χ2v) is 3.14.